The van der Waals surface area contributed by atoms with E-state index in [-0.39, 0.29) is 35.4 Å². The van der Waals surface area contributed by atoms with Gasteiger partial charge in [-0.2, -0.15) is 13.2 Å². The number of rotatable bonds is 11. The molecule has 0 aliphatic heterocycles. The molecule has 0 saturated carbocycles. The van der Waals surface area contributed by atoms with Gasteiger partial charge in [0, 0.05) is 5.56 Å². The lowest BCUT2D eigenvalue weighted by Gasteiger charge is -2.17. The first-order valence-electron chi connectivity index (χ1n) is 10.9. The average molecular weight is 498 g/mol. The second-order valence-corrected chi connectivity index (χ2v) is 9.32. The van der Waals surface area contributed by atoms with E-state index < -0.39 is 17.3 Å². The number of hydrogen-bond acceptors (Lipinski definition) is 6. The van der Waals surface area contributed by atoms with E-state index in [0.717, 1.165) is 48.6 Å². The van der Waals surface area contributed by atoms with Gasteiger partial charge in [0.05, 0.1) is 24.3 Å². The number of halogens is 4. The number of aromatic nitrogens is 2. The van der Waals surface area contributed by atoms with Crippen LogP contribution in [0.4, 0.5) is 17.6 Å². The minimum atomic E-state index is -4.60. The largest absolute Gasteiger partial charge is 0.493 e. The zero-order chi connectivity index (χ0) is 24.8. The van der Waals surface area contributed by atoms with E-state index in [1.54, 1.807) is 13.0 Å². The standard InChI is InChI=1S/C24H27F4N3O2S/c1-23(29,15-32)22-31-30-21(34-22)17-10-11-20(19(14-17)24(26,27)28)33-12-5-3-2-4-7-16-8-6-9-18(25)13-16/h6,8-11,13-14,32H,2-5,7,12,15,29H2,1H3/t23-/m0/s1. The molecule has 0 bridgehead atoms. The van der Waals surface area contributed by atoms with Crippen LogP contribution in [0.3, 0.4) is 0 Å². The molecule has 34 heavy (non-hydrogen) atoms. The molecule has 0 unspecified atom stereocenters. The van der Waals surface area contributed by atoms with Gasteiger partial charge in [-0.3, -0.25) is 0 Å². The summed E-state index contributed by atoms with van der Waals surface area (Å²) in [6.45, 7) is 1.36. The van der Waals surface area contributed by atoms with Crippen molar-refractivity contribution >= 4 is 11.3 Å². The molecule has 0 aliphatic carbocycles. The van der Waals surface area contributed by atoms with Gasteiger partial charge >= 0.3 is 6.18 Å². The second kappa shape index (κ2) is 11.2. The fourth-order valence-corrected chi connectivity index (χ4v) is 4.20. The maximum Gasteiger partial charge on any atom is 0.419 e. The number of aliphatic hydroxyl groups is 1. The molecular weight excluding hydrogens is 470 g/mol. The molecule has 0 radical (unpaired) electrons. The van der Waals surface area contributed by atoms with Crippen LogP contribution in [-0.2, 0) is 18.1 Å². The van der Waals surface area contributed by atoms with Gasteiger partial charge < -0.3 is 15.6 Å². The number of aliphatic hydroxyl groups excluding tert-OH is 1. The summed E-state index contributed by atoms with van der Waals surface area (Å²) in [6.07, 6.45) is -0.695. The number of ether oxygens (including phenoxy) is 1. The van der Waals surface area contributed by atoms with Crippen LogP contribution in [-0.4, -0.2) is 28.5 Å². The number of hydrogen-bond donors (Lipinski definition) is 2. The summed E-state index contributed by atoms with van der Waals surface area (Å²) in [6, 6.07) is 10.2. The summed E-state index contributed by atoms with van der Waals surface area (Å²) in [5.74, 6) is -0.494. The Labute approximate surface area is 199 Å². The molecule has 5 nitrogen and oxygen atoms in total. The second-order valence-electron chi connectivity index (χ2n) is 8.34. The normalized spacial score (nSPS) is 13.6. The van der Waals surface area contributed by atoms with Gasteiger partial charge in [-0.15, -0.1) is 10.2 Å². The van der Waals surface area contributed by atoms with Crippen molar-refractivity contribution in [3.8, 4) is 16.3 Å². The molecule has 1 atom stereocenters. The summed E-state index contributed by atoms with van der Waals surface area (Å²) >= 11 is 1.03. The Morgan fingerprint density at radius 2 is 1.79 bits per heavy atom. The number of aryl methyl sites for hydroxylation is 1. The van der Waals surface area contributed by atoms with Crippen molar-refractivity contribution in [2.75, 3.05) is 13.2 Å². The quantitative estimate of drug-likeness (QED) is 0.262. The summed E-state index contributed by atoms with van der Waals surface area (Å²) in [5, 5.41) is 17.8. The lowest BCUT2D eigenvalue weighted by atomic mass is 10.1. The van der Waals surface area contributed by atoms with Crippen molar-refractivity contribution in [3.05, 3.63) is 64.4 Å². The van der Waals surface area contributed by atoms with Gasteiger partial charge in [0.25, 0.3) is 0 Å². The minimum Gasteiger partial charge on any atom is -0.493 e. The molecule has 0 amide bonds. The number of benzene rings is 2. The Morgan fingerprint density at radius 1 is 1.03 bits per heavy atom. The van der Waals surface area contributed by atoms with Crippen LogP contribution in [0, 0.1) is 5.82 Å². The van der Waals surface area contributed by atoms with E-state index in [1.807, 2.05) is 6.07 Å². The van der Waals surface area contributed by atoms with Crippen LogP contribution >= 0.6 is 11.3 Å². The van der Waals surface area contributed by atoms with Crippen molar-refractivity contribution in [3.63, 3.8) is 0 Å². The van der Waals surface area contributed by atoms with Crippen LogP contribution in [0.1, 0.15) is 48.7 Å². The molecule has 1 heterocycles. The Bertz CT molecular complexity index is 1090. The monoisotopic (exact) mass is 497 g/mol. The van der Waals surface area contributed by atoms with Crippen molar-refractivity contribution < 1.29 is 27.4 Å². The van der Waals surface area contributed by atoms with Crippen LogP contribution in [0.15, 0.2) is 42.5 Å². The first kappa shape index (κ1) is 26.1. The lowest BCUT2D eigenvalue weighted by molar-refractivity contribution is -0.138. The number of nitrogens with zero attached hydrogens (tertiary/aromatic N) is 2. The molecule has 2 aromatic carbocycles. The summed E-state index contributed by atoms with van der Waals surface area (Å²) < 4.78 is 59.6. The maximum absolute atomic E-state index is 13.7. The third-order valence-corrected chi connectivity index (χ3v) is 6.53. The summed E-state index contributed by atoms with van der Waals surface area (Å²) in [4.78, 5) is 0. The van der Waals surface area contributed by atoms with E-state index >= 15 is 0 Å². The SMILES string of the molecule is C[C@](N)(CO)c1nnc(-c2ccc(OCCCCCCc3cccc(F)c3)c(C(F)(F)F)c2)s1. The third-order valence-electron chi connectivity index (χ3n) is 5.28. The number of unbranched alkanes of at least 4 members (excludes halogenated alkanes) is 3. The highest BCUT2D eigenvalue weighted by atomic mass is 32.1. The Hall–Kier alpha value is -2.56. The van der Waals surface area contributed by atoms with E-state index in [2.05, 4.69) is 10.2 Å². The fourth-order valence-electron chi connectivity index (χ4n) is 3.31. The van der Waals surface area contributed by atoms with Crippen molar-refractivity contribution in [2.45, 2.75) is 50.7 Å². The molecular formula is C24H27F4N3O2S. The zero-order valence-electron chi connectivity index (χ0n) is 18.7. The first-order chi connectivity index (χ1) is 16.1. The zero-order valence-corrected chi connectivity index (χ0v) is 19.6. The highest BCUT2D eigenvalue weighted by Gasteiger charge is 2.35. The molecule has 0 fully saturated rings. The van der Waals surface area contributed by atoms with Crippen LogP contribution < -0.4 is 10.5 Å². The lowest BCUT2D eigenvalue weighted by Crippen LogP contribution is -2.36. The first-order valence-corrected chi connectivity index (χ1v) is 11.7. The topological polar surface area (TPSA) is 81.3 Å². The highest BCUT2D eigenvalue weighted by Crippen LogP contribution is 2.39. The van der Waals surface area contributed by atoms with E-state index in [0.29, 0.717) is 11.4 Å². The van der Waals surface area contributed by atoms with E-state index in [1.165, 1.54) is 24.3 Å². The van der Waals surface area contributed by atoms with Crippen molar-refractivity contribution in [1.29, 1.82) is 0 Å². The van der Waals surface area contributed by atoms with Crippen molar-refractivity contribution in [2.24, 2.45) is 5.73 Å². The predicted molar refractivity (Wildman–Crippen MR) is 123 cm³/mol. The Morgan fingerprint density at radius 3 is 2.50 bits per heavy atom. The molecule has 0 aliphatic rings. The van der Waals surface area contributed by atoms with Crippen LogP contribution in [0.5, 0.6) is 5.75 Å². The fraction of sp³-hybridized carbons (Fsp3) is 0.417. The van der Waals surface area contributed by atoms with Crippen LogP contribution in [0.25, 0.3) is 10.6 Å². The molecule has 184 valence electrons. The highest BCUT2D eigenvalue weighted by molar-refractivity contribution is 7.14. The number of alkyl halides is 3. The summed E-state index contributed by atoms with van der Waals surface area (Å²) in [5.41, 5.74) is 5.10. The molecule has 3 N–H and O–H groups in total. The Balaban J connectivity index is 1.56. The Kier molecular flexibility index (Phi) is 8.62. The molecule has 3 aromatic rings. The van der Waals surface area contributed by atoms with Gasteiger partial charge in [0.15, 0.2) is 0 Å². The molecule has 10 heteroatoms. The van der Waals surface area contributed by atoms with Gasteiger partial charge in [-0.1, -0.05) is 36.3 Å². The van der Waals surface area contributed by atoms with Gasteiger partial charge in [-0.05, 0) is 62.1 Å². The minimum absolute atomic E-state index is 0.160. The molecule has 1 aromatic heterocycles. The smallest absolute Gasteiger partial charge is 0.419 e. The number of nitrogens with two attached hydrogens (primary N) is 1. The van der Waals surface area contributed by atoms with Gasteiger partial charge in [-0.25, -0.2) is 4.39 Å². The average Bonchev–Trinajstić information content (AvgIpc) is 3.29. The molecule has 0 saturated heterocycles. The molecule has 3 rings (SSSR count). The predicted octanol–water partition coefficient (Wildman–Crippen LogP) is 5.71. The van der Waals surface area contributed by atoms with E-state index in [4.69, 9.17) is 10.5 Å². The van der Waals surface area contributed by atoms with Crippen LogP contribution in [0.2, 0.25) is 0 Å². The maximum atomic E-state index is 13.7. The molecule has 0 spiro atoms. The summed E-state index contributed by atoms with van der Waals surface area (Å²) in [7, 11) is 0. The third kappa shape index (κ3) is 6.97. The van der Waals surface area contributed by atoms with Gasteiger partial charge in [0.1, 0.15) is 21.6 Å². The van der Waals surface area contributed by atoms with E-state index in [9.17, 15) is 22.7 Å². The van der Waals surface area contributed by atoms with Crippen molar-refractivity contribution in [1.82, 2.24) is 10.2 Å². The van der Waals surface area contributed by atoms with Gasteiger partial charge in [0.2, 0.25) is 0 Å².